The summed E-state index contributed by atoms with van der Waals surface area (Å²) >= 11 is 0. The van der Waals surface area contributed by atoms with Gasteiger partial charge < -0.3 is 26.8 Å². The van der Waals surface area contributed by atoms with Gasteiger partial charge in [0, 0.05) is 17.8 Å². The Kier molecular flexibility index (Phi) is 6.16. The van der Waals surface area contributed by atoms with Crippen molar-refractivity contribution in [3.8, 4) is 0 Å². The SMILES string of the molecule is Cc1cc(C)cc(Nc2cc(NC3CCCCC3NC(=O)O)nnc2C(N)=O)c1. The summed E-state index contributed by atoms with van der Waals surface area (Å²) in [6.45, 7) is 3.98. The highest BCUT2D eigenvalue weighted by Gasteiger charge is 2.27. The second kappa shape index (κ2) is 8.76. The lowest BCUT2D eigenvalue weighted by molar-refractivity contribution is 0.0995. The number of hydrogen-bond acceptors (Lipinski definition) is 6. The number of carbonyl (C=O) groups excluding carboxylic acids is 1. The van der Waals surface area contributed by atoms with E-state index in [-0.39, 0.29) is 17.8 Å². The van der Waals surface area contributed by atoms with E-state index in [1.54, 1.807) is 6.07 Å². The fourth-order valence-electron chi connectivity index (χ4n) is 3.77. The number of hydrogen-bond donors (Lipinski definition) is 5. The summed E-state index contributed by atoms with van der Waals surface area (Å²) in [5.74, 6) is -0.232. The molecule has 1 saturated carbocycles. The number of rotatable bonds is 6. The summed E-state index contributed by atoms with van der Waals surface area (Å²) in [7, 11) is 0. The lowest BCUT2D eigenvalue weighted by atomic mass is 9.90. The van der Waals surface area contributed by atoms with E-state index in [4.69, 9.17) is 10.8 Å². The van der Waals surface area contributed by atoms with Gasteiger partial charge in [-0.3, -0.25) is 4.79 Å². The maximum atomic E-state index is 11.8. The van der Waals surface area contributed by atoms with E-state index in [2.05, 4.69) is 32.2 Å². The predicted octanol–water partition coefficient (Wildman–Crippen LogP) is 2.93. The first-order valence-electron chi connectivity index (χ1n) is 9.60. The molecule has 1 fully saturated rings. The number of carbonyl (C=O) groups is 2. The number of amides is 2. The summed E-state index contributed by atoms with van der Waals surface area (Å²) in [6, 6.07) is 7.32. The average molecular weight is 398 g/mol. The van der Waals surface area contributed by atoms with Crippen LogP contribution in [-0.4, -0.2) is 39.4 Å². The van der Waals surface area contributed by atoms with Gasteiger partial charge in [-0.25, -0.2) is 4.79 Å². The number of aryl methyl sites for hydroxylation is 2. The molecule has 9 heteroatoms. The second-order valence-corrected chi connectivity index (χ2v) is 7.45. The zero-order valence-corrected chi connectivity index (χ0v) is 16.5. The molecule has 1 heterocycles. The quantitative estimate of drug-likeness (QED) is 0.503. The van der Waals surface area contributed by atoms with Crippen molar-refractivity contribution in [3.63, 3.8) is 0 Å². The van der Waals surface area contributed by atoms with Gasteiger partial charge in [-0.1, -0.05) is 18.9 Å². The smallest absolute Gasteiger partial charge is 0.404 e. The van der Waals surface area contributed by atoms with Crippen LogP contribution < -0.4 is 21.7 Å². The Hall–Kier alpha value is -3.36. The van der Waals surface area contributed by atoms with Crippen LogP contribution in [0.4, 0.5) is 22.0 Å². The Morgan fingerprint density at radius 1 is 1.03 bits per heavy atom. The summed E-state index contributed by atoms with van der Waals surface area (Å²) < 4.78 is 0. The molecule has 2 atom stereocenters. The van der Waals surface area contributed by atoms with Gasteiger partial charge in [-0.05, 0) is 49.9 Å². The zero-order valence-electron chi connectivity index (χ0n) is 16.5. The predicted molar refractivity (Wildman–Crippen MR) is 111 cm³/mol. The third-order valence-electron chi connectivity index (χ3n) is 4.94. The van der Waals surface area contributed by atoms with Gasteiger partial charge in [0.2, 0.25) is 0 Å². The topological polar surface area (TPSA) is 142 Å². The zero-order chi connectivity index (χ0) is 21.0. The molecule has 9 nitrogen and oxygen atoms in total. The third-order valence-corrected chi connectivity index (χ3v) is 4.94. The van der Waals surface area contributed by atoms with Crippen molar-refractivity contribution in [2.45, 2.75) is 51.6 Å². The Morgan fingerprint density at radius 2 is 1.69 bits per heavy atom. The highest BCUT2D eigenvalue weighted by atomic mass is 16.4. The molecule has 6 N–H and O–H groups in total. The van der Waals surface area contributed by atoms with E-state index in [9.17, 15) is 9.59 Å². The highest BCUT2D eigenvalue weighted by molar-refractivity contribution is 5.97. The molecule has 2 aromatic rings. The first-order chi connectivity index (χ1) is 13.8. The first kappa shape index (κ1) is 20.4. The monoisotopic (exact) mass is 398 g/mol. The van der Waals surface area contributed by atoms with Gasteiger partial charge >= 0.3 is 6.09 Å². The van der Waals surface area contributed by atoms with Crippen LogP contribution in [0.3, 0.4) is 0 Å². The molecule has 2 amide bonds. The van der Waals surface area contributed by atoms with E-state index in [1.807, 2.05) is 26.0 Å². The van der Waals surface area contributed by atoms with E-state index in [1.165, 1.54) is 0 Å². The molecule has 29 heavy (non-hydrogen) atoms. The Labute approximate surface area is 169 Å². The number of carboxylic acid groups (broad SMARTS) is 1. The summed E-state index contributed by atoms with van der Waals surface area (Å²) in [5.41, 5.74) is 8.92. The lowest BCUT2D eigenvalue weighted by Gasteiger charge is -2.32. The van der Waals surface area contributed by atoms with Crippen LogP contribution in [-0.2, 0) is 0 Å². The molecule has 0 radical (unpaired) electrons. The van der Waals surface area contributed by atoms with Crippen molar-refractivity contribution in [3.05, 3.63) is 41.1 Å². The van der Waals surface area contributed by atoms with Crippen LogP contribution in [0.1, 0.15) is 47.3 Å². The molecule has 1 aliphatic carbocycles. The maximum Gasteiger partial charge on any atom is 0.404 e. The minimum Gasteiger partial charge on any atom is -0.465 e. The molecule has 154 valence electrons. The standard InChI is InChI=1S/C20H26N6O3/c1-11-7-12(2)9-13(8-11)22-16-10-17(25-26-18(16)19(21)27)23-14-5-3-4-6-15(14)24-20(28)29/h7-10,14-15,24H,3-6H2,1-2H3,(H2,21,27)(H,28,29)(H2,22,23,25). The normalized spacial score (nSPS) is 18.7. The average Bonchev–Trinajstić information content (AvgIpc) is 2.62. The number of nitrogens with two attached hydrogens (primary N) is 1. The van der Waals surface area contributed by atoms with Gasteiger partial charge in [-0.2, -0.15) is 0 Å². The number of anilines is 3. The minimum atomic E-state index is -1.05. The van der Waals surface area contributed by atoms with Crippen LogP contribution in [0.25, 0.3) is 0 Å². The van der Waals surface area contributed by atoms with Crippen molar-refractivity contribution >= 4 is 29.2 Å². The van der Waals surface area contributed by atoms with E-state index < -0.39 is 12.0 Å². The molecule has 0 aliphatic heterocycles. The van der Waals surface area contributed by atoms with Crippen molar-refractivity contribution < 1.29 is 14.7 Å². The Morgan fingerprint density at radius 3 is 2.31 bits per heavy atom. The Balaban J connectivity index is 1.85. The van der Waals surface area contributed by atoms with Crippen molar-refractivity contribution in [1.82, 2.24) is 15.5 Å². The molecular weight excluding hydrogens is 372 g/mol. The molecule has 0 spiro atoms. The molecule has 1 aromatic heterocycles. The summed E-state index contributed by atoms with van der Waals surface area (Å²) in [5, 5.41) is 26.2. The van der Waals surface area contributed by atoms with Gasteiger partial charge in [0.1, 0.15) is 0 Å². The number of nitrogens with zero attached hydrogens (tertiary/aromatic N) is 2. The molecule has 1 aromatic carbocycles. The fourth-order valence-corrected chi connectivity index (χ4v) is 3.77. The maximum absolute atomic E-state index is 11.8. The van der Waals surface area contributed by atoms with E-state index >= 15 is 0 Å². The van der Waals surface area contributed by atoms with E-state index in [0.29, 0.717) is 11.5 Å². The van der Waals surface area contributed by atoms with Crippen LogP contribution >= 0.6 is 0 Å². The van der Waals surface area contributed by atoms with Gasteiger partial charge in [-0.15, -0.1) is 10.2 Å². The fraction of sp³-hybridized carbons (Fsp3) is 0.400. The number of benzene rings is 1. The Bertz CT molecular complexity index is 897. The van der Waals surface area contributed by atoms with E-state index in [0.717, 1.165) is 42.5 Å². The van der Waals surface area contributed by atoms with Crippen LogP contribution in [0.2, 0.25) is 0 Å². The molecular formula is C20H26N6O3. The van der Waals surface area contributed by atoms with Crippen LogP contribution in [0.15, 0.2) is 24.3 Å². The van der Waals surface area contributed by atoms with Crippen LogP contribution in [0.5, 0.6) is 0 Å². The van der Waals surface area contributed by atoms with Gasteiger partial charge in [0.05, 0.1) is 11.7 Å². The summed E-state index contributed by atoms with van der Waals surface area (Å²) in [6.07, 6.45) is 2.48. The van der Waals surface area contributed by atoms with Gasteiger partial charge in [0.15, 0.2) is 11.5 Å². The minimum absolute atomic E-state index is 0.0403. The first-order valence-corrected chi connectivity index (χ1v) is 9.60. The highest BCUT2D eigenvalue weighted by Crippen LogP contribution is 2.26. The second-order valence-electron chi connectivity index (χ2n) is 7.45. The number of primary amides is 1. The number of aromatic nitrogens is 2. The molecule has 3 rings (SSSR count). The van der Waals surface area contributed by atoms with Crippen molar-refractivity contribution in [2.24, 2.45) is 5.73 Å². The lowest BCUT2D eigenvalue weighted by Crippen LogP contribution is -2.48. The third kappa shape index (κ3) is 5.34. The van der Waals surface area contributed by atoms with Crippen molar-refractivity contribution in [2.75, 3.05) is 10.6 Å². The molecule has 2 unspecified atom stereocenters. The molecule has 0 bridgehead atoms. The molecule has 0 saturated heterocycles. The summed E-state index contributed by atoms with van der Waals surface area (Å²) in [4.78, 5) is 22.9. The molecule has 1 aliphatic rings. The largest absolute Gasteiger partial charge is 0.465 e. The van der Waals surface area contributed by atoms with Crippen LogP contribution in [0, 0.1) is 13.8 Å². The number of nitrogens with one attached hydrogen (secondary N) is 3. The van der Waals surface area contributed by atoms with Crippen molar-refractivity contribution in [1.29, 1.82) is 0 Å². The van der Waals surface area contributed by atoms with Gasteiger partial charge in [0.25, 0.3) is 5.91 Å².